The summed E-state index contributed by atoms with van der Waals surface area (Å²) in [6, 6.07) is 15.2. The highest BCUT2D eigenvalue weighted by molar-refractivity contribution is 5.49. The molecule has 0 fully saturated rings. The highest BCUT2D eigenvalue weighted by atomic mass is 16.6. The summed E-state index contributed by atoms with van der Waals surface area (Å²) in [5.41, 5.74) is 1.92. The Morgan fingerprint density at radius 1 is 0.913 bits per heavy atom. The van der Waals surface area contributed by atoms with Crippen LogP contribution < -0.4 is 0 Å². The van der Waals surface area contributed by atoms with Crippen LogP contribution in [0.15, 0.2) is 60.7 Å². The van der Waals surface area contributed by atoms with Gasteiger partial charge in [-0.3, -0.25) is 10.1 Å². The number of allylic oxidation sites excluding steroid dienone is 2. The van der Waals surface area contributed by atoms with E-state index >= 15 is 0 Å². The fourth-order valence-electron chi connectivity index (χ4n) is 1.68. The molecule has 0 aliphatic rings. The number of nitriles is 1. The molecule has 0 aromatic heterocycles. The number of rotatable bonds is 1. The van der Waals surface area contributed by atoms with Gasteiger partial charge < -0.3 is 0 Å². The van der Waals surface area contributed by atoms with E-state index in [4.69, 9.17) is 5.26 Å². The van der Waals surface area contributed by atoms with E-state index in [0.29, 0.717) is 16.7 Å². The lowest BCUT2D eigenvalue weighted by atomic mass is 10.1. The highest BCUT2D eigenvalue weighted by Crippen LogP contribution is 2.10. The molecule has 4 heteroatoms. The monoisotopic (exact) mass is 298 g/mol. The number of benzene rings is 2. The molecule has 2 aromatic carbocycles. The predicted molar refractivity (Wildman–Crippen MR) is 87.1 cm³/mol. The van der Waals surface area contributed by atoms with E-state index in [1.807, 2.05) is 6.07 Å². The van der Waals surface area contributed by atoms with Crippen molar-refractivity contribution >= 4 is 5.69 Å². The van der Waals surface area contributed by atoms with Crippen molar-refractivity contribution in [2.75, 3.05) is 0 Å². The van der Waals surface area contributed by atoms with Gasteiger partial charge >= 0.3 is 0 Å². The lowest BCUT2D eigenvalue weighted by Crippen LogP contribution is -1.86. The van der Waals surface area contributed by atoms with Crippen molar-refractivity contribution in [2.24, 2.45) is 0 Å². The Morgan fingerprint density at radius 3 is 2.13 bits per heavy atom. The van der Waals surface area contributed by atoms with Crippen molar-refractivity contribution in [3.05, 3.63) is 87.5 Å². The zero-order chi connectivity index (χ0) is 16.5. The zero-order valence-electron chi connectivity index (χ0n) is 12.0. The lowest BCUT2D eigenvalue weighted by molar-refractivity contribution is -0.384. The average molecular weight is 298 g/mol. The molecule has 0 saturated heterocycles. The van der Waals surface area contributed by atoms with Gasteiger partial charge in [0.1, 0.15) is 6.07 Å². The third-order valence-corrected chi connectivity index (χ3v) is 2.80. The number of nitrogens with zero attached hydrogens (tertiary/aromatic N) is 2. The predicted octanol–water partition coefficient (Wildman–Crippen LogP) is 3.43. The molecule has 108 valence electrons. The first-order valence-electron chi connectivity index (χ1n) is 6.62. The van der Waals surface area contributed by atoms with Gasteiger partial charge in [0, 0.05) is 23.3 Å². The number of non-ortho nitro benzene ring substituents is 1. The molecule has 0 saturated carbocycles. The van der Waals surface area contributed by atoms with Crippen LogP contribution in [0.5, 0.6) is 0 Å². The average Bonchev–Trinajstić information content (AvgIpc) is 2.58. The first-order chi connectivity index (χ1) is 11.2. The maximum atomic E-state index is 10.5. The smallest absolute Gasteiger partial charge is 0.258 e. The summed E-state index contributed by atoms with van der Waals surface area (Å²) in [7, 11) is 0. The van der Waals surface area contributed by atoms with Gasteiger partial charge in [0.05, 0.1) is 10.5 Å². The van der Waals surface area contributed by atoms with Crippen molar-refractivity contribution in [1.82, 2.24) is 0 Å². The van der Waals surface area contributed by atoms with Gasteiger partial charge in [-0.2, -0.15) is 5.26 Å². The minimum Gasteiger partial charge on any atom is -0.258 e. The number of nitro groups is 1. The summed E-state index contributed by atoms with van der Waals surface area (Å²) in [4.78, 5) is 10.1. The molecule has 0 heterocycles. The van der Waals surface area contributed by atoms with Crippen molar-refractivity contribution < 1.29 is 4.92 Å². The largest absolute Gasteiger partial charge is 0.269 e. The summed E-state index contributed by atoms with van der Waals surface area (Å²) in [5, 5.41) is 19.5. The van der Waals surface area contributed by atoms with Crippen LogP contribution in [-0.2, 0) is 0 Å². The Balaban J connectivity index is 2.03. The van der Waals surface area contributed by atoms with E-state index in [9.17, 15) is 10.1 Å². The van der Waals surface area contributed by atoms with Gasteiger partial charge in [-0.05, 0) is 36.4 Å². The molecule has 0 atom stereocenters. The van der Waals surface area contributed by atoms with Crippen LogP contribution in [0.1, 0.15) is 16.7 Å². The normalized spacial score (nSPS) is 9.17. The Hall–Kier alpha value is -3.81. The SMILES string of the molecule is N#Cc1ccccc1C#CC=CC#Cc1ccc([N+](=O)[O-])cc1. The van der Waals surface area contributed by atoms with E-state index in [0.717, 1.165) is 0 Å². The van der Waals surface area contributed by atoms with Crippen LogP contribution in [-0.4, -0.2) is 4.92 Å². The van der Waals surface area contributed by atoms with E-state index in [1.54, 1.807) is 42.5 Å². The first kappa shape index (κ1) is 15.6. The van der Waals surface area contributed by atoms with E-state index in [2.05, 4.69) is 29.8 Å². The van der Waals surface area contributed by atoms with Gasteiger partial charge in [-0.15, -0.1) is 0 Å². The van der Waals surface area contributed by atoms with Crippen LogP contribution in [0.4, 0.5) is 5.69 Å². The quantitative estimate of drug-likeness (QED) is 0.460. The summed E-state index contributed by atoms with van der Waals surface area (Å²) >= 11 is 0. The lowest BCUT2D eigenvalue weighted by Gasteiger charge is -1.91. The molecule has 0 spiro atoms. The van der Waals surface area contributed by atoms with E-state index in [-0.39, 0.29) is 5.69 Å². The molecule has 0 bridgehead atoms. The van der Waals surface area contributed by atoms with Crippen molar-refractivity contribution in [2.45, 2.75) is 0 Å². The molecule has 0 unspecified atom stereocenters. The van der Waals surface area contributed by atoms with Gasteiger partial charge in [-0.25, -0.2) is 0 Å². The molecule has 0 N–H and O–H groups in total. The fraction of sp³-hybridized carbons (Fsp3) is 0. The van der Waals surface area contributed by atoms with E-state index < -0.39 is 4.92 Å². The van der Waals surface area contributed by atoms with Crippen LogP contribution in [0.3, 0.4) is 0 Å². The molecule has 2 rings (SSSR count). The number of hydrogen-bond donors (Lipinski definition) is 0. The third kappa shape index (κ3) is 4.60. The standard InChI is InChI=1S/C19H10N2O2/c20-15-18-10-6-5-9-17(18)8-4-2-1-3-7-16-11-13-19(14-12-16)21(22)23/h1-2,5-6,9-14H. The first-order valence-corrected chi connectivity index (χ1v) is 6.62. The fourth-order valence-corrected chi connectivity index (χ4v) is 1.68. The molecular weight excluding hydrogens is 288 g/mol. The van der Waals surface area contributed by atoms with Crippen LogP contribution in [0.25, 0.3) is 0 Å². The van der Waals surface area contributed by atoms with Gasteiger partial charge in [0.15, 0.2) is 0 Å². The second-order valence-corrected chi connectivity index (χ2v) is 4.33. The highest BCUT2D eigenvalue weighted by Gasteiger charge is 2.01. The summed E-state index contributed by atoms with van der Waals surface area (Å²) in [6.45, 7) is 0. The van der Waals surface area contributed by atoms with Gasteiger partial charge in [0.2, 0.25) is 0 Å². The second kappa shape index (κ2) is 7.84. The summed E-state index contributed by atoms with van der Waals surface area (Å²) < 4.78 is 0. The molecule has 0 amide bonds. The van der Waals surface area contributed by atoms with Crippen molar-refractivity contribution in [3.63, 3.8) is 0 Å². The maximum absolute atomic E-state index is 10.5. The van der Waals surface area contributed by atoms with Crippen molar-refractivity contribution in [1.29, 1.82) is 5.26 Å². The van der Waals surface area contributed by atoms with Crippen LogP contribution in [0, 0.1) is 45.1 Å². The summed E-state index contributed by atoms with van der Waals surface area (Å²) in [5.74, 6) is 11.3. The Morgan fingerprint density at radius 2 is 1.52 bits per heavy atom. The van der Waals surface area contributed by atoms with Gasteiger partial charge in [-0.1, -0.05) is 35.8 Å². The minimum absolute atomic E-state index is 0.0353. The third-order valence-electron chi connectivity index (χ3n) is 2.80. The molecule has 23 heavy (non-hydrogen) atoms. The van der Waals surface area contributed by atoms with Crippen molar-refractivity contribution in [3.8, 4) is 29.8 Å². The number of nitro benzene ring substituents is 1. The molecule has 0 aliphatic carbocycles. The Kier molecular flexibility index (Phi) is 5.31. The minimum atomic E-state index is -0.453. The number of hydrogen-bond acceptors (Lipinski definition) is 3. The summed E-state index contributed by atoms with van der Waals surface area (Å²) in [6.07, 6.45) is 3.18. The Labute approximate surface area is 133 Å². The van der Waals surface area contributed by atoms with Gasteiger partial charge in [0.25, 0.3) is 5.69 Å². The van der Waals surface area contributed by atoms with Crippen LogP contribution >= 0.6 is 0 Å². The molecular formula is C19H10N2O2. The molecule has 0 radical (unpaired) electrons. The maximum Gasteiger partial charge on any atom is 0.269 e. The second-order valence-electron chi connectivity index (χ2n) is 4.33. The topological polar surface area (TPSA) is 66.9 Å². The van der Waals surface area contributed by atoms with Crippen LogP contribution in [0.2, 0.25) is 0 Å². The molecule has 2 aromatic rings. The zero-order valence-corrected chi connectivity index (χ0v) is 12.0. The van der Waals surface area contributed by atoms with E-state index in [1.165, 1.54) is 12.1 Å². The molecule has 4 nitrogen and oxygen atoms in total. The molecule has 0 aliphatic heterocycles. The Bertz CT molecular complexity index is 912.